The van der Waals surface area contributed by atoms with Crippen molar-refractivity contribution in [2.75, 3.05) is 18.5 Å². The van der Waals surface area contributed by atoms with E-state index in [1.165, 1.54) is 17.4 Å². The Labute approximate surface area is 195 Å². The summed E-state index contributed by atoms with van der Waals surface area (Å²) in [6.45, 7) is 2.36. The average Bonchev–Trinajstić information content (AvgIpc) is 3.48. The number of aliphatic hydroxyl groups excluding tert-OH is 2. The maximum Gasteiger partial charge on any atom is 0.251 e. The van der Waals surface area contributed by atoms with Gasteiger partial charge in [-0.1, -0.05) is 25.1 Å². The molecule has 1 aromatic carbocycles. The number of aromatic nitrogens is 1. The standard InChI is InChI=1S/C24H27FN4O3S/c1-14(12-30)15-5-6-17(19(25)9-15)20-10-18(22(26)32)23(33-20)29-21-4-2-3-16(28-21)11-27-24(13-31)7-8-24/h2-6,9-10,14,27,30-31H,7-8,11-13H2,1H3,(H2,26,32)(H,28,29). The van der Waals surface area contributed by atoms with Gasteiger partial charge in [0.25, 0.3) is 5.91 Å². The van der Waals surface area contributed by atoms with E-state index in [4.69, 9.17) is 5.73 Å². The van der Waals surface area contributed by atoms with Gasteiger partial charge >= 0.3 is 0 Å². The number of pyridine rings is 1. The molecule has 0 spiro atoms. The van der Waals surface area contributed by atoms with Gasteiger partial charge in [0.2, 0.25) is 0 Å². The topological polar surface area (TPSA) is 120 Å². The Balaban J connectivity index is 1.57. The third-order valence-electron chi connectivity index (χ3n) is 5.95. The minimum atomic E-state index is -0.623. The van der Waals surface area contributed by atoms with Crippen LogP contribution in [0.5, 0.6) is 0 Å². The number of thiophene rings is 1. The van der Waals surface area contributed by atoms with Gasteiger partial charge < -0.3 is 26.6 Å². The van der Waals surface area contributed by atoms with Gasteiger partial charge in [0.1, 0.15) is 16.6 Å². The minimum absolute atomic E-state index is 0.0692. The summed E-state index contributed by atoms with van der Waals surface area (Å²) >= 11 is 1.22. The van der Waals surface area contributed by atoms with E-state index >= 15 is 0 Å². The zero-order valence-corrected chi connectivity index (χ0v) is 19.1. The molecular weight excluding hydrogens is 443 g/mol. The number of hydrogen-bond donors (Lipinski definition) is 5. The number of nitrogens with two attached hydrogens (primary N) is 1. The van der Waals surface area contributed by atoms with Gasteiger partial charge in [0.15, 0.2) is 0 Å². The van der Waals surface area contributed by atoms with Crippen LogP contribution in [-0.4, -0.2) is 39.9 Å². The van der Waals surface area contributed by atoms with E-state index in [1.807, 2.05) is 19.1 Å². The Morgan fingerprint density at radius 2 is 2.06 bits per heavy atom. The first-order valence-corrected chi connectivity index (χ1v) is 11.6. The Morgan fingerprint density at radius 1 is 1.27 bits per heavy atom. The second-order valence-electron chi connectivity index (χ2n) is 8.47. The fourth-order valence-electron chi connectivity index (χ4n) is 3.53. The van der Waals surface area contributed by atoms with Crippen LogP contribution in [0.1, 0.15) is 47.3 Å². The van der Waals surface area contributed by atoms with E-state index < -0.39 is 11.7 Å². The van der Waals surface area contributed by atoms with Crippen molar-refractivity contribution in [1.29, 1.82) is 0 Å². The summed E-state index contributed by atoms with van der Waals surface area (Å²) in [5, 5.41) is 25.7. The zero-order valence-electron chi connectivity index (χ0n) is 18.3. The van der Waals surface area contributed by atoms with Crippen LogP contribution in [0.15, 0.2) is 42.5 Å². The van der Waals surface area contributed by atoms with Crippen LogP contribution >= 0.6 is 11.3 Å². The molecule has 1 amide bonds. The molecule has 1 aliphatic rings. The van der Waals surface area contributed by atoms with Gasteiger partial charge in [-0.2, -0.15) is 0 Å². The first-order valence-electron chi connectivity index (χ1n) is 10.8. The number of carbonyl (C=O) groups excluding carboxylic acids is 1. The van der Waals surface area contributed by atoms with Gasteiger partial charge in [-0.3, -0.25) is 4.79 Å². The van der Waals surface area contributed by atoms with E-state index in [0.29, 0.717) is 33.4 Å². The van der Waals surface area contributed by atoms with E-state index in [-0.39, 0.29) is 30.2 Å². The third kappa shape index (κ3) is 5.22. The van der Waals surface area contributed by atoms with Crippen LogP contribution in [0.3, 0.4) is 0 Å². The van der Waals surface area contributed by atoms with Gasteiger partial charge in [0.05, 0.1) is 17.9 Å². The highest BCUT2D eigenvalue weighted by Crippen LogP contribution is 2.38. The molecule has 1 unspecified atom stereocenters. The Kier molecular flexibility index (Phi) is 6.76. The van der Waals surface area contributed by atoms with Crippen molar-refractivity contribution in [1.82, 2.24) is 10.3 Å². The molecule has 33 heavy (non-hydrogen) atoms. The molecule has 9 heteroatoms. The molecule has 0 bridgehead atoms. The summed E-state index contributed by atoms with van der Waals surface area (Å²) in [5.41, 5.74) is 7.49. The van der Waals surface area contributed by atoms with E-state index in [9.17, 15) is 19.4 Å². The number of amides is 1. The largest absolute Gasteiger partial charge is 0.396 e. The quantitative estimate of drug-likeness (QED) is 0.309. The fourth-order valence-corrected chi connectivity index (χ4v) is 4.62. The fraction of sp³-hybridized carbons (Fsp3) is 0.333. The number of carbonyl (C=O) groups is 1. The molecule has 4 rings (SSSR count). The lowest BCUT2D eigenvalue weighted by molar-refractivity contribution is 0.100. The van der Waals surface area contributed by atoms with Crippen LogP contribution < -0.4 is 16.4 Å². The normalized spacial score (nSPS) is 15.3. The van der Waals surface area contributed by atoms with Gasteiger partial charge in [0, 0.05) is 35.0 Å². The lowest BCUT2D eigenvalue weighted by Gasteiger charge is -2.14. The van der Waals surface area contributed by atoms with E-state index in [2.05, 4.69) is 15.6 Å². The average molecular weight is 471 g/mol. The van der Waals surface area contributed by atoms with Crippen LogP contribution in [0.25, 0.3) is 10.4 Å². The highest BCUT2D eigenvalue weighted by atomic mass is 32.1. The predicted octanol–water partition coefficient (Wildman–Crippen LogP) is 3.50. The molecule has 7 nitrogen and oxygen atoms in total. The van der Waals surface area contributed by atoms with Crippen molar-refractivity contribution >= 4 is 28.1 Å². The van der Waals surface area contributed by atoms with Crippen LogP contribution in [0.4, 0.5) is 15.2 Å². The van der Waals surface area contributed by atoms with Crippen LogP contribution in [-0.2, 0) is 6.54 Å². The first kappa shape index (κ1) is 23.3. The molecule has 2 heterocycles. The van der Waals surface area contributed by atoms with Gasteiger partial charge in [-0.15, -0.1) is 11.3 Å². The number of nitrogens with one attached hydrogen (secondary N) is 2. The Morgan fingerprint density at radius 3 is 2.70 bits per heavy atom. The molecule has 0 saturated heterocycles. The summed E-state index contributed by atoms with van der Waals surface area (Å²) in [6.07, 6.45) is 1.88. The maximum absolute atomic E-state index is 14.8. The SMILES string of the molecule is CC(CO)c1ccc(-c2cc(C(N)=O)c(Nc3cccc(CNC4(CO)CC4)n3)s2)c(F)c1. The first-order chi connectivity index (χ1) is 15.8. The summed E-state index contributed by atoms with van der Waals surface area (Å²) in [5.74, 6) is -0.690. The number of nitrogens with zero attached hydrogens (tertiary/aromatic N) is 1. The number of halogens is 1. The third-order valence-corrected chi connectivity index (χ3v) is 7.03. The lowest BCUT2D eigenvalue weighted by Crippen LogP contribution is -2.34. The molecule has 3 aromatic rings. The number of benzene rings is 1. The van der Waals surface area contributed by atoms with Crippen molar-refractivity contribution in [2.24, 2.45) is 5.73 Å². The smallest absolute Gasteiger partial charge is 0.251 e. The second kappa shape index (κ2) is 9.56. The summed E-state index contributed by atoms with van der Waals surface area (Å²) in [7, 11) is 0. The molecular formula is C24H27FN4O3S. The highest BCUT2D eigenvalue weighted by Gasteiger charge is 2.41. The van der Waals surface area contributed by atoms with Crippen molar-refractivity contribution in [3.05, 3.63) is 65.1 Å². The highest BCUT2D eigenvalue weighted by molar-refractivity contribution is 7.19. The van der Waals surface area contributed by atoms with E-state index in [0.717, 1.165) is 18.5 Å². The molecule has 0 aliphatic heterocycles. The summed E-state index contributed by atoms with van der Waals surface area (Å²) < 4.78 is 14.8. The molecule has 2 aromatic heterocycles. The van der Waals surface area contributed by atoms with Crippen molar-refractivity contribution in [2.45, 2.75) is 37.8 Å². The number of primary amides is 1. The van der Waals surface area contributed by atoms with Crippen molar-refractivity contribution < 1.29 is 19.4 Å². The molecule has 1 saturated carbocycles. The zero-order chi connectivity index (χ0) is 23.6. The Hall–Kier alpha value is -2.85. The summed E-state index contributed by atoms with van der Waals surface area (Å²) in [4.78, 5) is 17.2. The van der Waals surface area contributed by atoms with Gasteiger partial charge in [-0.25, -0.2) is 9.37 Å². The molecule has 1 aliphatic carbocycles. The van der Waals surface area contributed by atoms with Crippen molar-refractivity contribution in [3.63, 3.8) is 0 Å². The van der Waals surface area contributed by atoms with Crippen LogP contribution in [0.2, 0.25) is 0 Å². The second-order valence-corrected chi connectivity index (χ2v) is 9.52. The molecule has 1 atom stereocenters. The minimum Gasteiger partial charge on any atom is -0.396 e. The molecule has 1 fully saturated rings. The molecule has 0 radical (unpaired) electrons. The molecule has 174 valence electrons. The van der Waals surface area contributed by atoms with Gasteiger partial charge in [-0.05, 0) is 42.7 Å². The van der Waals surface area contributed by atoms with E-state index in [1.54, 1.807) is 24.3 Å². The number of anilines is 2. The number of aliphatic hydroxyl groups is 2. The van der Waals surface area contributed by atoms with Crippen LogP contribution in [0, 0.1) is 5.82 Å². The summed E-state index contributed by atoms with van der Waals surface area (Å²) in [6, 6.07) is 11.9. The predicted molar refractivity (Wildman–Crippen MR) is 127 cm³/mol. The maximum atomic E-state index is 14.8. The van der Waals surface area contributed by atoms with Crippen molar-refractivity contribution in [3.8, 4) is 10.4 Å². The number of rotatable bonds is 10. The Bertz CT molecular complexity index is 1160. The molecule has 6 N–H and O–H groups in total. The lowest BCUT2D eigenvalue weighted by atomic mass is 9.99. The number of hydrogen-bond acceptors (Lipinski definition) is 7. The monoisotopic (exact) mass is 470 g/mol.